The number of likely N-dealkylation sites (tertiary alicyclic amines) is 1. The van der Waals surface area contributed by atoms with Gasteiger partial charge >= 0.3 is 5.97 Å². The van der Waals surface area contributed by atoms with Gasteiger partial charge in [0.05, 0.1) is 6.54 Å². The zero-order chi connectivity index (χ0) is 14.9. The molecule has 1 amide bonds. The number of ether oxygens (including phenoxy) is 1. The van der Waals surface area contributed by atoms with Crippen molar-refractivity contribution in [3.05, 3.63) is 35.4 Å². The van der Waals surface area contributed by atoms with Crippen LogP contribution in [0.15, 0.2) is 18.2 Å². The summed E-state index contributed by atoms with van der Waals surface area (Å²) in [7, 11) is 1.25. The number of benzene rings is 1. The van der Waals surface area contributed by atoms with Crippen LogP contribution < -0.4 is 0 Å². The average molecular weight is 285 g/mol. The number of hydrogen-bond acceptors (Lipinski definition) is 3. The van der Waals surface area contributed by atoms with Crippen LogP contribution in [-0.2, 0) is 9.53 Å². The van der Waals surface area contributed by atoms with Crippen molar-refractivity contribution in [2.24, 2.45) is 0 Å². The molecule has 5 nitrogen and oxygen atoms in total. The summed E-state index contributed by atoms with van der Waals surface area (Å²) >= 11 is 0. The Balaban J connectivity index is 2.21. The highest BCUT2D eigenvalue weighted by atomic mass is 19.1. The van der Waals surface area contributed by atoms with E-state index in [9.17, 15) is 18.4 Å². The Labute approximate surface area is 113 Å². The summed E-state index contributed by atoms with van der Waals surface area (Å²) in [5.74, 6) is -3.50. The van der Waals surface area contributed by atoms with Gasteiger partial charge in [-0.2, -0.15) is 0 Å². The van der Waals surface area contributed by atoms with Crippen LogP contribution >= 0.6 is 0 Å². The van der Waals surface area contributed by atoms with E-state index < -0.39 is 29.1 Å². The predicted molar refractivity (Wildman–Crippen MR) is 64.3 cm³/mol. The fourth-order valence-corrected chi connectivity index (χ4v) is 2.24. The van der Waals surface area contributed by atoms with E-state index >= 15 is 0 Å². The first kappa shape index (κ1) is 14.4. The SMILES string of the molecule is COC1(C(=O)O)CCN(C(=O)c2cc(F)cc(F)c2)C1. The first-order chi connectivity index (χ1) is 9.38. The van der Waals surface area contributed by atoms with Crippen LogP contribution in [0.2, 0.25) is 0 Å². The molecule has 7 heteroatoms. The van der Waals surface area contributed by atoms with Gasteiger partial charge in [0, 0.05) is 31.7 Å². The third-order valence-corrected chi connectivity index (χ3v) is 3.41. The normalized spacial score (nSPS) is 22.1. The number of aliphatic carboxylic acids is 1. The highest BCUT2D eigenvalue weighted by molar-refractivity contribution is 5.95. The first-order valence-corrected chi connectivity index (χ1v) is 5.92. The number of carbonyl (C=O) groups is 2. The highest BCUT2D eigenvalue weighted by Gasteiger charge is 2.46. The Bertz CT molecular complexity index is 543. The molecule has 1 atom stereocenters. The average Bonchev–Trinajstić information content (AvgIpc) is 2.82. The smallest absolute Gasteiger partial charge is 0.337 e. The van der Waals surface area contributed by atoms with E-state index in [1.807, 2.05) is 0 Å². The summed E-state index contributed by atoms with van der Waals surface area (Å²) in [4.78, 5) is 24.5. The Kier molecular flexibility index (Phi) is 3.71. The number of halogens is 2. The maximum Gasteiger partial charge on any atom is 0.337 e. The van der Waals surface area contributed by atoms with Crippen LogP contribution in [-0.4, -0.2) is 47.7 Å². The van der Waals surface area contributed by atoms with Crippen molar-refractivity contribution in [3.63, 3.8) is 0 Å². The molecule has 1 aromatic rings. The molecule has 1 aliphatic rings. The molecule has 1 aliphatic heterocycles. The number of rotatable bonds is 3. The molecular formula is C13H13F2NO4. The van der Waals surface area contributed by atoms with E-state index in [1.165, 1.54) is 12.0 Å². The largest absolute Gasteiger partial charge is 0.479 e. The molecule has 0 aromatic heterocycles. The Morgan fingerprint density at radius 3 is 2.35 bits per heavy atom. The molecule has 2 rings (SSSR count). The fourth-order valence-electron chi connectivity index (χ4n) is 2.24. The van der Waals surface area contributed by atoms with Crippen molar-refractivity contribution < 1.29 is 28.2 Å². The van der Waals surface area contributed by atoms with Crippen molar-refractivity contribution in [2.45, 2.75) is 12.0 Å². The van der Waals surface area contributed by atoms with Gasteiger partial charge in [0.1, 0.15) is 11.6 Å². The molecule has 0 saturated carbocycles. The van der Waals surface area contributed by atoms with Crippen LogP contribution in [0.3, 0.4) is 0 Å². The highest BCUT2D eigenvalue weighted by Crippen LogP contribution is 2.26. The summed E-state index contributed by atoms with van der Waals surface area (Å²) in [6.45, 7) is -0.00704. The third-order valence-electron chi connectivity index (χ3n) is 3.41. The molecule has 0 aliphatic carbocycles. The monoisotopic (exact) mass is 285 g/mol. The second-order valence-electron chi connectivity index (χ2n) is 4.64. The summed E-state index contributed by atoms with van der Waals surface area (Å²) in [5, 5.41) is 9.14. The van der Waals surface area contributed by atoms with Crippen molar-refractivity contribution in [3.8, 4) is 0 Å². The molecule has 0 spiro atoms. The first-order valence-electron chi connectivity index (χ1n) is 5.92. The number of carboxylic acid groups (broad SMARTS) is 1. The molecule has 1 heterocycles. The minimum absolute atomic E-state index is 0.127. The number of methoxy groups -OCH3 is 1. The molecule has 1 unspecified atom stereocenters. The van der Waals surface area contributed by atoms with Gasteiger partial charge in [-0.05, 0) is 12.1 Å². The minimum atomic E-state index is -1.46. The molecule has 0 radical (unpaired) electrons. The van der Waals surface area contributed by atoms with Crippen LogP contribution in [0.1, 0.15) is 16.8 Å². The van der Waals surface area contributed by atoms with Crippen LogP contribution in [0, 0.1) is 11.6 Å². The molecule has 1 aromatic carbocycles. The number of carbonyl (C=O) groups excluding carboxylic acids is 1. The molecule has 1 saturated heterocycles. The third kappa shape index (κ3) is 2.49. The van der Waals surface area contributed by atoms with Gasteiger partial charge in [-0.25, -0.2) is 13.6 Å². The topological polar surface area (TPSA) is 66.8 Å². The molecule has 0 bridgehead atoms. The fraction of sp³-hybridized carbons (Fsp3) is 0.385. The number of amides is 1. The molecule has 1 N–H and O–H groups in total. The van der Waals surface area contributed by atoms with E-state index in [4.69, 9.17) is 9.84 Å². The second kappa shape index (κ2) is 5.16. The van der Waals surface area contributed by atoms with E-state index in [-0.39, 0.29) is 25.1 Å². The molecule has 20 heavy (non-hydrogen) atoms. The zero-order valence-electron chi connectivity index (χ0n) is 10.7. The lowest BCUT2D eigenvalue weighted by atomic mass is 10.0. The van der Waals surface area contributed by atoms with Gasteiger partial charge in [-0.15, -0.1) is 0 Å². The van der Waals surface area contributed by atoms with Gasteiger partial charge in [-0.1, -0.05) is 0 Å². The van der Waals surface area contributed by atoms with E-state index in [0.717, 1.165) is 12.1 Å². The predicted octanol–water partition coefficient (Wildman–Crippen LogP) is 1.28. The van der Waals surface area contributed by atoms with Crippen molar-refractivity contribution in [2.75, 3.05) is 20.2 Å². The lowest BCUT2D eigenvalue weighted by Crippen LogP contribution is -2.44. The van der Waals surface area contributed by atoms with Crippen molar-refractivity contribution in [1.82, 2.24) is 4.90 Å². The summed E-state index contributed by atoms with van der Waals surface area (Å²) in [5.41, 5.74) is -1.61. The van der Waals surface area contributed by atoms with Gasteiger partial charge in [0.2, 0.25) is 0 Å². The Hall–Kier alpha value is -2.02. The maximum absolute atomic E-state index is 13.1. The summed E-state index contributed by atoms with van der Waals surface area (Å²) in [6, 6.07) is 2.50. The number of nitrogens with zero attached hydrogens (tertiary/aromatic N) is 1. The zero-order valence-corrected chi connectivity index (χ0v) is 10.7. The van der Waals surface area contributed by atoms with Crippen molar-refractivity contribution >= 4 is 11.9 Å². The molecular weight excluding hydrogens is 272 g/mol. The van der Waals surface area contributed by atoms with Crippen molar-refractivity contribution in [1.29, 1.82) is 0 Å². The standard InChI is InChI=1S/C13H13F2NO4/c1-20-13(12(18)19)2-3-16(7-13)11(17)8-4-9(14)6-10(15)5-8/h4-6H,2-3,7H2,1H3,(H,18,19). The van der Waals surface area contributed by atoms with E-state index in [1.54, 1.807) is 0 Å². The Morgan fingerprint density at radius 1 is 1.30 bits per heavy atom. The van der Waals surface area contributed by atoms with Crippen LogP contribution in [0.25, 0.3) is 0 Å². The summed E-state index contributed by atoms with van der Waals surface area (Å²) < 4.78 is 31.2. The van der Waals surface area contributed by atoms with E-state index in [2.05, 4.69) is 0 Å². The molecule has 108 valence electrons. The maximum atomic E-state index is 13.1. The Morgan fingerprint density at radius 2 is 1.90 bits per heavy atom. The van der Waals surface area contributed by atoms with Crippen LogP contribution in [0.5, 0.6) is 0 Å². The van der Waals surface area contributed by atoms with Crippen LogP contribution in [0.4, 0.5) is 8.78 Å². The van der Waals surface area contributed by atoms with Gasteiger partial charge in [-0.3, -0.25) is 4.79 Å². The minimum Gasteiger partial charge on any atom is -0.479 e. The lowest BCUT2D eigenvalue weighted by molar-refractivity contribution is -0.160. The summed E-state index contributed by atoms with van der Waals surface area (Å²) in [6.07, 6.45) is 0.127. The van der Waals surface area contributed by atoms with Gasteiger partial charge in [0.15, 0.2) is 5.60 Å². The quantitative estimate of drug-likeness (QED) is 0.908. The van der Waals surface area contributed by atoms with Gasteiger partial charge in [0.25, 0.3) is 5.91 Å². The second-order valence-corrected chi connectivity index (χ2v) is 4.64. The lowest BCUT2D eigenvalue weighted by Gasteiger charge is -2.23. The number of hydrogen-bond donors (Lipinski definition) is 1. The number of carboxylic acids is 1. The molecule has 1 fully saturated rings. The van der Waals surface area contributed by atoms with Gasteiger partial charge < -0.3 is 14.7 Å². The van der Waals surface area contributed by atoms with E-state index in [0.29, 0.717) is 6.07 Å².